The lowest BCUT2D eigenvalue weighted by molar-refractivity contribution is 0.516. The highest BCUT2D eigenvalue weighted by atomic mass is 35.5. The highest BCUT2D eigenvalue weighted by molar-refractivity contribution is 6.30. The van der Waals surface area contributed by atoms with Crippen molar-refractivity contribution in [1.29, 1.82) is 0 Å². The molecular weight excluding hydrogens is 370 g/mol. The minimum Gasteiger partial charge on any atom is -0.438 e. The van der Waals surface area contributed by atoms with E-state index in [1.807, 2.05) is 66.7 Å². The molecular formula is C23H14ClN3O. The molecule has 134 valence electrons. The molecule has 6 rings (SSSR count). The Balaban J connectivity index is 1.65. The smallest absolute Gasteiger partial charge is 0.228 e. The lowest BCUT2D eigenvalue weighted by Gasteiger charge is -2.28. The van der Waals surface area contributed by atoms with Gasteiger partial charge in [-0.3, -0.25) is 4.57 Å². The van der Waals surface area contributed by atoms with Crippen LogP contribution in [0.1, 0.15) is 23.1 Å². The van der Waals surface area contributed by atoms with E-state index in [1.54, 1.807) is 0 Å². The summed E-state index contributed by atoms with van der Waals surface area (Å²) in [7, 11) is 0. The molecule has 1 unspecified atom stereocenters. The van der Waals surface area contributed by atoms with Gasteiger partial charge in [-0.1, -0.05) is 54.1 Å². The van der Waals surface area contributed by atoms with Crippen molar-refractivity contribution in [3.05, 3.63) is 94.8 Å². The first kappa shape index (κ1) is 15.7. The second-order valence-corrected chi connectivity index (χ2v) is 7.29. The number of rotatable bonds is 1. The van der Waals surface area contributed by atoms with Crippen LogP contribution in [0.3, 0.4) is 0 Å². The fourth-order valence-corrected chi connectivity index (χ4v) is 3.96. The average molecular weight is 384 g/mol. The van der Waals surface area contributed by atoms with Crippen molar-refractivity contribution in [3.63, 3.8) is 0 Å². The Morgan fingerprint density at radius 2 is 1.68 bits per heavy atom. The SMILES string of the molecule is Clc1ccc(C2N=C3Oc4ccccc4C=C3c3nc4ccccc4n32)cc1. The van der Waals surface area contributed by atoms with E-state index in [0.717, 1.165) is 39.3 Å². The number of imidazole rings is 1. The molecule has 0 fully saturated rings. The van der Waals surface area contributed by atoms with Crippen LogP contribution in [0.4, 0.5) is 0 Å². The van der Waals surface area contributed by atoms with E-state index < -0.39 is 0 Å². The summed E-state index contributed by atoms with van der Waals surface area (Å²) in [6.45, 7) is 0. The number of aliphatic imine (C=N–C) groups is 1. The third kappa shape index (κ3) is 2.25. The molecule has 0 amide bonds. The van der Waals surface area contributed by atoms with Crippen LogP contribution in [0.2, 0.25) is 5.02 Å². The van der Waals surface area contributed by atoms with Gasteiger partial charge in [-0.2, -0.15) is 0 Å². The summed E-state index contributed by atoms with van der Waals surface area (Å²) in [5, 5.41) is 0.700. The summed E-state index contributed by atoms with van der Waals surface area (Å²) in [5.74, 6) is 2.27. The highest BCUT2D eigenvalue weighted by Gasteiger charge is 2.33. The third-order valence-corrected chi connectivity index (χ3v) is 5.40. The number of para-hydroxylation sites is 3. The van der Waals surface area contributed by atoms with Gasteiger partial charge < -0.3 is 4.74 Å². The van der Waals surface area contributed by atoms with Gasteiger partial charge in [0.2, 0.25) is 5.90 Å². The van der Waals surface area contributed by atoms with Crippen LogP contribution in [0, 0.1) is 0 Å². The molecule has 1 atom stereocenters. The molecule has 4 aromatic rings. The monoisotopic (exact) mass is 383 g/mol. The Morgan fingerprint density at radius 1 is 0.893 bits per heavy atom. The average Bonchev–Trinajstić information content (AvgIpc) is 3.12. The van der Waals surface area contributed by atoms with Gasteiger partial charge in [-0.05, 0) is 42.0 Å². The largest absolute Gasteiger partial charge is 0.438 e. The molecule has 1 aromatic heterocycles. The highest BCUT2D eigenvalue weighted by Crippen LogP contribution is 2.40. The predicted octanol–water partition coefficient (Wildman–Crippen LogP) is 5.58. The predicted molar refractivity (Wildman–Crippen MR) is 112 cm³/mol. The number of halogens is 1. The zero-order chi connectivity index (χ0) is 18.7. The number of benzene rings is 3. The molecule has 4 nitrogen and oxygen atoms in total. The van der Waals surface area contributed by atoms with Gasteiger partial charge >= 0.3 is 0 Å². The van der Waals surface area contributed by atoms with Gasteiger partial charge in [0.15, 0.2) is 6.17 Å². The summed E-state index contributed by atoms with van der Waals surface area (Å²) in [6.07, 6.45) is 1.84. The van der Waals surface area contributed by atoms with Crippen molar-refractivity contribution in [3.8, 4) is 5.75 Å². The minimum atomic E-state index is -0.267. The molecule has 2 aliphatic rings. The van der Waals surface area contributed by atoms with Crippen molar-refractivity contribution in [1.82, 2.24) is 9.55 Å². The molecule has 3 aromatic carbocycles. The summed E-state index contributed by atoms with van der Waals surface area (Å²) in [6, 6.07) is 23.9. The summed E-state index contributed by atoms with van der Waals surface area (Å²) < 4.78 is 8.34. The molecule has 0 saturated heterocycles. The van der Waals surface area contributed by atoms with Crippen molar-refractivity contribution in [2.45, 2.75) is 6.17 Å². The molecule has 0 bridgehead atoms. The molecule has 0 N–H and O–H groups in total. The third-order valence-electron chi connectivity index (χ3n) is 5.14. The van der Waals surface area contributed by atoms with Gasteiger partial charge in [0.05, 0.1) is 16.6 Å². The number of hydrogen-bond donors (Lipinski definition) is 0. The first-order chi connectivity index (χ1) is 13.8. The number of aromatic nitrogens is 2. The van der Waals surface area contributed by atoms with E-state index in [9.17, 15) is 0 Å². The number of hydrogen-bond acceptors (Lipinski definition) is 3. The Bertz CT molecular complexity index is 1300. The van der Waals surface area contributed by atoms with Crippen LogP contribution in [0.15, 0.2) is 77.8 Å². The van der Waals surface area contributed by atoms with Crippen LogP contribution in [0.25, 0.3) is 22.7 Å². The standard InChI is InChI=1S/C23H14ClN3O/c24-16-11-9-14(10-12-16)21-26-23-17(13-15-5-1-4-8-20(15)28-23)22-25-18-6-2-3-7-19(18)27(21)22/h1-13,21H. The topological polar surface area (TPSA) is 39.4 Å². The van der Waals surface area contributed by atoms with Gasteiger partial charge in [-0.25, -0.2) is 9.98 Å². The van der Waals surface area contributed by atoms with Crippen molar-refractivity contribution in [2.75, 3.05) is 0 Å². The van der Waals surface area contributed by atoms with Gasteiger partial charge in [0, 0.05) is 10.6 Å². The van der Waals surface area contributed by atoms with E-state index in [1.165, 1.54) is 0 Å². The summed E-state index contributed by atoms with van der Waals surface area (Å²) >= 11 is 6.10. The number of fused-ring (bicyclic) bond motifs is 6. The molecule has 28 heavy (non-hydrogen) atoms. The van der Waals surface area contributed by atoms with E-state index in [4.69, 9.17) is 26.3 Å². The molecule has 0 spiro atoms. The van der Waals surface area contributed by atoms with Crippen molar-refractivity contribution >= 4 is 40.2 Å². The van der Waals surface area contributed by atoms with Crippen LogP contribution in [0.5, 0.6) is 5.75 Å². The first-order valence-electron chi connectivity index (χ1n) is 9.07. The van der Waals surface area contributed by atoms with Crippen LogP contribution >= 0.6 is 11.6 Å². The molecule has 0 radical (unpaired) electrons. The fraction of sp³-hybridized carbons (Fsp3) is 0.0435. The van der Waals surface area contributed by atoms with E-state index in [-0.39, 0.29) is 6.17 Å². The Labute approximate surface area is 166 Å². The first-order valence-corrected chi connectivity index (χ1v) is 9.45. The van der Waals surface area contributed by atoms with Crippen molar-refractivity contribution in [2.24, 2.45) is 4.99 Å². The van der Waals surface area contributed by atoms with Crippen LogP contribution in [-0.2, 0) is 0 Å². The lowest BCUT2D eigenvalue weighted by atomic mass is 10.0. The zero-order valence-electron chi connectivity index (χ0n) is 14.7. The minimum absolute atomic E-state index is 0.267. The maximum Gasteiger partial charge on any atom is 0.228 e. The second-order valence-electron chi connectivity index (χ2n) is 6.85. The summed E-state index contributed by atoms with van der Waals surface area (Å²) in [4.78, 5) is 9.88. The molecule has 3 heterocycles. The zero-order valence-corrected chi connectivity index (χ0v) is 15.5. The lowest BCUT2D eigenvalue weighted by Crippen LogP contribution is -2.26. The molecule has 0 saturated carbocycles. The fourth-order valence-electron chi connectivity index (χ4n) is 3.83. The Hall–Kier alpha value is -3.37. The molecule has 0 aliphatic carbocycles. The van der Waals surface area contributed by atoms with Gasteiger partial charge in [-0.15, -0.1) is 0 Å². The maximum atomic E-state index is 6.17. The second kappa shape index (κ2) is 5.81. The Kier molecular flexibility index (Phi) is 3.25. The Morgan fingerprint density at radius 3 is 2.57 bits per heavy atom. The van der Waals surface area contributed by atoms with Crippen LogP contribution in [-0.4, -0.2) is 15.4 Å². The van der Waals surface area contributed by atoms with Crippen LogP contribution < -0.4 is 4.74 Å². The van der Waals surface area contributed by atoms with Gasteiger partial charge in [0.1, 0.15) is 11.6 Å². The molecule has 5 heteroatoms. The van der Waals surface area contributed by atoms with E-state index in [2.05, 4.69) is 16.7 Å². The normalized spacial score (nSPS) is 17.1. The number of nitrogens with zero attached hydrogens (tertiary/aromatic N) is 3. The van der Waals surface area contributed by atoms with Gasteiger partial charge in [0.25, 0.3) is 0 Å². The maximum absolute atomic E-state index is 6.17. The quantitative estimate of drug-likeness (QED) is 0.430. The summed E-state index contributed by atoms with van der Waals surface area (Å²) in [5.41, 5.74) is 4.94. The number of ether oxygens (including phenoxy) is 1. The molecule has 2 aliphatic heterocycles. The van der Waals surface area contributed by atoms with E-state index in [0.29, 0.717) is 10.9 Å². The van der Waals surface area contributed by atoms with Crippen molar-refractivity contribution < 1.29 is 4.74 Å². The van der Waals surface area contributed by atoms with E-state index >= 15 is 0 Å².